The van der Waals surface area contributed by atoms with Crippen LogP contribution in [0.25, 0.3) is 0 Å². The van der Waals surface area contributed by atoms with Crippen LogP contribution in [0.5, 0.6) is 0 Å². The summed E-state index contributed by atoms with van der Waals surface area (Å²) in [5, 5.41) is 14.5. The minimum Gasteiger partial charge on any atom is -0.379 e. The second-order valence-corrected chi connectivity index (χ2v) is 9.19. The molecule has 1 aliphatic rings. The summed E-state index contributed by atoms with van der Waals surface area (Å²) in [7, 11) is -3.73. The number of nitrogens with zero attached hydrogens (tertiary/aromatic N) is 1. The highest BCUT2D eigenvalue weighted by Gasteiger charge is 2.34. The van der Waals surface area contributed by atoms with Gasteiger partial charge in [0.15, 0.2) is 0 Å². The zero-order valence-corrected chi connectivity index (χ0v) is 17.0. The van der Waals surface area contributed by atoms with Crippen LogP contribution in [0.3, 0.4) is 0 Å². The highest BCUT2D eigenvalue weighted by atomic mass is 32.2. The first-order valence-corrected chi connectivity index (χ1v) is 11.1. The normalized spacial score (nSPS) is 16.9. The first-order chi connectivity index (χ1) is 14.2. The maximum atomic E-state index is 13.3. The van der Waals surface area contributed by atoms with Crippen LogP contribution in [0.1, 0.15) is 31.2 Å². The molecule has 1 saturated carbocycles. The molecule has 2 aromatic carbocycles. The first-order valence-electron chi connectivity index (χ1n) is 9.60. The molecular formula is C20H23F2N3O4S. The lowest BCUT2D eigenvalue weighted by Crippen LogP contribution is -2.28. The standard InChI is InChI=1S/C20H23F2N3O4S/c21-20(22)10-8-15(9-11-20)13-23-18-7-6-16(12-19(18)25(26)27)14-24-30(28,29)17-4-2-1-3-5-17/h1-7,12,15,23-24H,8-11,13-14H2. The predicted molar refractivity (Wildman–Crippen MR) is 109 cm³/mol. The Balaban J connectivity index is 1.64. The maximum absolute atomic E-state index is 13.3. The number of sulfonamides is 1. The summed E-state index contributed by atoms with van der Waals surface area (Å²) < 4.78 is 53.6. The fraction of sp³-hybridized carbons (Fsp3) is 0.400. The van der Waals surface area contributed by atoms with Crippen molar-refractivity contribution in [3.63, 3.8) is 0 Å². The Morgan fingerprint density at radius 2 is 1.77 bits per heavy atom. The van der Waals surface area contributed by atoms with Crippen LogP contribution in [-0.2, 0) is 16.6 Å². The van der Waals surface area contributed by atoms with Crippen molar-refractivity contribution in [1.82, 2.24) is 4.72 Å². The molecule has 0 unspecified atom stereocenters. The highest BCUT2D eigenvalue weighted by Crippen LogP contribution is 2.36. The predicted octanol–water partition coefficient (Wildman–Crippen LogP) is 4.31. The molecule has 2 aromatic rings. The van der Waals surface area contributed by atoms with E-state index in [4.69, 9.17) is 0 Å². The quantitative estimate of drug-likeness (QED) is 0.471. The molecule has 0 radical (unpaired) electrons. The number of nitro benzene ring substituents is 1. The molecule has 0 atom stereocenters. The van der Waals surface area contributed by atoms with Crippen molar-refractivity contribution in [3.05, 3.63) is 64.2 Å². The second kappa shape index (κ2) is 9.05. The number of anilines is 1. The number of nitrogens with one attached hydrogen (secondary N) is 2. The number of rotatable bonds is 8. The lowest BCUT2D eigenvalue weighted by molar-refractivity contribution is -0.384. The number of halogens is 2. The average molecular weight is 439 g/mol. The molecular weight excluding hydrogens is 416 g/mol. The highest BCUT2D eigenvalue weighted by molar-refractivity contribution is 7.89. The van der Waals surface area contributed by atoms with Gasteiger partial charge in [0.25, 0.3) is 5.69 Å². The zero-order valence-electron chi connectivity index (χ0n) is 16.2. The van der Waals surface area contributed by atoms with E-state index in [0.29, 0.717) is 24.9 Å². The average Bonchev–Trinajstić information content (AvgIpc) is 2.72. The van der Waals surface area contributed by atoms with Crippen LogP contribution in [0.4, 0.5) is 20.2 Å². The van der Waals surface area contributed by atoms with E-state index in [2.05, 4.69) is 10.0 Å². The van der Waals surface area contributed by atoms with E-state index in [1.807, 2.05) is 0 Å². The van der Waals surface area contributed by atoms with Gasteiger partial charge in [-0.05, 0) is 42.5 Å². The zero-order chi connectivity index (χ0) is 21.8. The van der Waals surface area contributed by atoms with Gasteiger partial charge in [-0.2, -0.15) is 0 Å². The van der Waals surface area contributed by atoms with Crippen LogP contribution < -0.4 is 10.0 Å². The summed E-state index contributed by atoms with van der Waals surface area (Å²) >= 11 is 0. The van der Waals surface area contributed by atoms with Crippen molar-refractivity contribution in [2.24, 2.45) is 5.92 Å². The van der Waals surface area contributed by atoms with Crippen LogP contribution in [0.2, 0.25) is 0 Å². The van der Waals surface area contributed by atoms with Gasteiger partial charge in [0, 0.05) is 32.0 Å². The molecule has 30 heavy (non-hydrogen) atoms. The topological polar surface area (TPSA) is 101 Å². The van der Waals surface area contributed by atoms with Crippen molar-refractivity contribution >= 4 is 21.4 Å². The van der Waals surface area contributed by atoms with Crippen molar-refractivity contribution in [2.75, 3.05) is 11.9 Å². The molecule has 3 rings (SSSR count). The van der Waals surface area contributed by atoms with Gasteiger partial charge in [-0.15, -0.1) is 0 Å². The van der Waals surface area contributed by atoms with Crippen molar-refractivity contribution in [3.8, 4) is 0 Å². The molecule has 1 aliphatic carbocycles. The first kappa shape index (κ1) is 22.1. The summed E-state index contributed by atoms with van der Waals surface area (Å²) in [5.41, 5.74) is 0.531. The van der Waals surface area contributed by atoms with Gasteiger partial charge in [0.1, 0.15) is 5.69 Å². The van der Waals surface area contributed by atoms with Crippen LogP contribution >= 0.6 is 0 Å². The molecule has 162 valence electrons. The Morgan fingerprint density at radius 1 is 1.10 bits per heavy atom. The summed E-state index contributed by atoms with van der Waals surface area (Å²) in [6.07, 6.45) is 0.407. The van der Waals surface area contributed by atoms with E-state index < -0.39 is 20.9 Å². The van der Waals surface area contributed by atoms with E-state index in [-0.39, 0.29) is 41.6 Å². The maximum Gasteiger partial charge on any atom is 0.292 e. The molecule has 0 amide bonds. The SMILES string of the molecule is O=[N+]([O-])c1cc(CNS(=O)(=O)c2ccccc2)ccc1NCC1CCC(F)(F)CC1. The van der Waals surface area contributed by atoms with E-state index in [9.17, 15) is 27.3 Å². The third kappa shape index (κ3) is 5.73. The van der Waals surface area contributed by atoms with Gasteiger partial charge in [-0.1, -0.05) is 24.3 Å². The fourth-order valence-electron chi connectivity index (χ4n) is 3.41. The largest absolute Gasteiger partial charge is 0.379 e. The Morgan fingerprint density at radius 3 is 2.40 bits per heavy atom. The van der Waals surface area contributed by atoms with Crippen molar-refractivity contribution in [1.29, 1.82) is 0 Å². The third-order valence-electron chi connectivity index (χ3n) is 5.20. The molecule has 0 spiro atoms. The van der Waals surface area contributed by atoms with E-state index in [1.165, 1.54) is 24.3 Å². The smallest absolute Gasteiger partial charge is 0.292 e. The molecule has 0 aliphatic heterocycles. The van der Waals surface area contributed by atoms with Crippen LogP contribution in [0.15, 0.2) is 53.4 Å². The van der Waals surface area contributed by atoms with E-state index in [1.54, 1.807) is 24.3 Å². The Bertz CT molecular complexity index is 990. The van der Waals surface area contributed by atoms with Gasteiger partial charge in [-0.3, -0.25) is 10.1 Å². The van der Waals surface area contributed by atoms with E-state index >= 15 is 0 Å². The summed E-state index contributed by atoms with van der Waals surface area (Å²) in [6, 6.07) is 12.2. The van der Waals surface area contributed by atoms with Gasteiger partial charge < -0.3 is 5.32 Å². The van der Waals surface area contributed by atoms with Gasteiger partial charge in [0.2, 0.25) is 15.9 Å². The van der Waals surface area contributed by atoms with Gasteiger partial charge in [-0.25, -0.2) is 21.9 Å². The fourth-order valence-corrected chi connectivity index (χ4v) is 4.45. The van der Waals surface area contributed by atoms with Crippen LogP contribution in [0, 0.1) is 16.0 Å². The molecule has 10 heteroatoms. The summed E-state index contributed by atoms with van der Waals surface area (Å²) in [5.74, 6) is -2.58. The molecule has 2 N–H and O–H groups in total. The van der Waals surface area contributed by atoms with Gasteiger partial charge in [0.05, 0.1) is 9.82 Å². The van der Waals surface area contributed by atoms with E-state index in [0.717, 1.165) is 0 Å². The molecule has 0 saturated heterocycles. The summed E-state index contributed by atoms with van der Waals surface area (Å²) in [4.78, 5) is 11.0. The Kier molecular flexibility index (Phi) is 6.67. The Labute approximate surface area is 173 Å². The number of hydrogen-bond acceptors (Lipinski definition) is 5. The molecule has 1 fully saturated rings. The Hall–Kier alpha value is -2.59. The summed E-state index contributed by atoms with van der Waals surface area (Å²) in [6.45, 7) is 0.271. The third-order valence-corrected chi connectivity index (χ3v) is 6.61. The molecule has 7 nitrogen and oxygen atoms in total. The van der Waals surface area contributed by atoms with Crippen molar-refractivity contribution < 1.29 is 22.1 Å². The lowest BCUT2D eigenvalue weighted by atomic mass is 9.87. The number of nitro groups is 1. The lowest BCUT2D eigenvalue weighted by Gasteiger charge is -2.28. The monoisotopic (exact) mass is 439 g/mol. The van der Waals surface area contributed by atoms with Crippen LogP contribution in [-0.4, -0.2) is 25.8 Å². The van der Waals surface area contributed by atoms with Crippen molar-refractivity contribution in [2.45, 2.75) is 43.0 Å². The minimum atomic E-state index is -3.73. The molecule has 0 aromatic heterocycles. The van der Waals surface area contributed by atoms with Gasteiger partial charge >= 0.3 is 0 Å². The molecule has 0 bridgehead atoms. The number of alkyl halides is 2. The number of hydrogen-bond donors (Lipinski definition) is 2. The second-order valence-electron chi connectivity index (χ2n) is 7.43. The number of benzene rings is 2. The molecule has 0 heterocycles. The minimum absolute atomic E-state index is 0.0292.